The van der Waals surface area contributed by atoms with Crippen LogP contribution >= 0.6 is 0 Å². The maximum Gasteiger partial charge on any atom is 0.149 e. The molecule has 0 radical (unpaired) electrons. The van der Waals surface area contributed by atoms with Crippen LogP contribution in [-0.2, 0) is 0 Å². The van der Waals surface area contributed by atoms with Crippen molar-refractivity contribution in [1.82, 2.24) is 14.5 Å². The molecule has 0 fully saturated rings. The fraction of sp³-hybridized carbons (Fsp3) is 0.0909. The zero-order chi connectivity index (χ0) is 18.1. The second-order valence-electron chi connectivity index (χ2n) is 6.42. The molecule has 4 heteroatoms. The second kappa shape index (κ2) is 6.38. The van der Waals surface area contributed by atoms with Crippen molar-refractivity contribution in [3.8, 4) is 11.8 Å². The highest BCUT2D eigenvalue weighted by Gasteiger charge is 2.10. The number of aryl methyl sites for hydroxylation is 2. The van der Waals surface area contributed by atoms with E-state index < -0.39 is 0 Å². The number of fused-ring (bicyclic) bond motifs is 1. The Balaban J connectivity index is 1.79. The number of benzene rings is 2. The summed E-state index contributed by atoms with van der Waals surface area (Å²) in [6.45, 7) is 4.11. The Morgan fingerprint density at radius 1 is 1.08 bits per heavy atom. The van der Waals surface area contributed by atoms with Crippen molar-refractivity contribution >= 4 is 22.7 Å². The molecule has 2 heterocycles. The van der Waals surface area contributed by atoms with Crippen LogP contribution in [0.2, 0.25) is 0 Å². The van der Waals surface area contributed by atoms with Gasteiger partial charge in [0.15, 0.2) is 0 Å². The third-order valence-electron chi connectivity index (χ3n) is 4.37. The standard InChI is InChI=1S/C22H18N4/c1-15-5-3-6-18(11-15)26-10-4-7-19(26)13-17(14-23)22-24-20-9-8-16(2)12-21(20)25-22/h3-13H,1-2H3,(H,24,25). The van der Waals surface area contributed by atoms with Crippen LogP contribution < -0.4 is 0 Å². The van der Waals surface area contributed by atoms with Gasteiger partial charge < -0.3 is 9.55 Å². The minimum absolute atomic E-state index is 0.506. The lowest BCUT2D eigenvalue weighted by atomic mass is 10.2. The van der Waals surface area contributed by atoms with E-state index in [2.05, 4.69) is 45.7 Å². The molecule has 0 aliphatic carbocycles. The summed E-state index contributed by atoms with van der Waals surface area (Å²) < 4.78 is 2.07. The Morgan fingerprint density at radius 3 is 2.73 bits per heavy atom. The second-order valence-corrected chi connectivity index (χ2v) is 6.42. The molecule has 0 atom stereocenters. The molecule has 26 heavy (non-hydrogen) atoms. The molecule has 0 spiro atoms. The smallest absolute Gasteiger partial charge is 0.149 e. The zero-order valence-electron chi connectivity index (χ0n) is 14.7. The molecule has 2 aromatic carbocycles. The fourth-order valence-corrected chi connectivity index (χ4v) is 3.08. The Hall–Kier alpha value is -3.58. The molecule has 126 valence electrons. The van der Waals surface area contributed by atoms with E-state index in [0.29, 0.717) is 11.4 Å². The average molecular weight is 338 g/mol. The average Bonchev–Trinajstić information content (AvgIpc) is 3.25. The molecule has 0 aliphatic rings. The van der Waals surface area contributed by atoms with Crippen LogP contribution in [0.3, 0.4) is 0 Å². The van der Waals surface area contributed by atoms with Gasteiger partial charge in [-0.1, -0.05) is 18.2 Å². The first-order valence-electron chi connectivity index (χ1n) is 8.47. The molecule has 2 aromatic heterocycles. The summed E-state index contributed by atoms with van der Waals surface area (Å²) in [4.78, 5) is 7.82. The summed E-state index contributed by atoms with van der Waals surface area (Å²) in [5.41, 5.74) is 6.66. The van der Waals surface area contributed by atoms with Gasteiger partial charge in [-0.15, -0.1) is 0 Å². The summed E-state index contributed by atoms with van der Waals surface area (Å²) in [7, 11) is 0. The number of nitriles is 1. The third kappa shape index (κ3) is 2.91. The van der Waals surface area contributed by atoms with Crippen molar-refractivity contribution in [2.75, 3.05) is 0 Å². The SMILES string of the molecule is Cc1cccc(-n2cccc2C=C(C#N)c2nc3ccc(C)cc3[nH]2)c1. The quantitative estimate of drug-likeness (QED) is 0.532. The molecule has 4 rings (SSSR count). The number of rotatable bonds is 3. The predicted molar refractivity (Wildman–Crippen MR) is 105 cm³/mol. The number of nitrogens with one attached hydrogen (secondary N) is 1. The van der Waals surface area contributed by atoms with E-state index in [1.807, 2.05) is 55.6 Å². The minimum Gasteiger partial charge on any atom is -0.337 e. The van der Waals surface area contributed by atoms with Crippen molar-refractivity contribution in [3.05, 3.63) is 83.4 Å². The van der Waals surface area contributed by atoms with E-state index in [4.69, 9.17) is 0 Å². The van der Waals surface area contributed by atoms with Crippen LogP contribution in [-0.4, -0.2) is 14.5 Å². The van der Waals surface area contributed by atoms with Crippen LogP contribution in [0.1, 0.15) is 22.6 Å². The van der Waals surface area contributed by atoms with Crippen LogP contribution in [0, 0.1) is 25.2 Å². The lowest BCUT2D eigenvalue weighted by molar-refractivity contribution is 1.06. The van der Waals surface area contributed by atoms with Gasteiger partial charge in [0.2, 0.25) is 0 Å². The monoisotopic (exact) mass is 338 g/mol. The molecular weight excluding hydrogens is 320 g/mol. The molecule has 0 amide bonds. The van der Waals surface area contributed by atoms with Gasteiger partial charge in [-0.3, -0.25) is 0 Å². The minimum atomic E-state index is 0.506. The Bertz CT molecular complexity index is 1170. The van der Waals surface area contributed by atoms with Gasteiger partial charge in [0, 0.05) is 17.6 Å². The number of allylic oxidation sites excluding steroid dienone is 1. The van der Waals surface area contributed by atoms with E-state index in [9.17, 15) is 5.26 Å². The first-order valence-corrected chi connectivity index (χ1v) is 8.47. The highest BCUT2D eigenvalue weighted by atomic mass is 15.0. The van der Waals surface area contributed by atoms with Crippen LogP contribution in [0.25, 0.3) is 28.4 Å². The maximum atomic E-state index is 9.68. The third-order valence-corrected chi connectivity index (χ3v) is 4.37. The highest BCUT2D eigenvalue weighted by molar-refractivity contribution is 5.90. The van der Waals surface area contributed by atoms with E-state index >= 15 is 0 Å². The molecule has 0 aliphatic heterocycles. The number of aromatic amines is 1. The summed E-state index contributed by atoms with van der Waals surface area (Å²) in [6.07, 6.45) is 3.87. The van der Waals surface area contributed by atoms with Crippen LogP contribution in [0.4, 0.5) is 0 Å². The van der Waals surface area contributed by atoms with Gasteiger partial charge in [-0.2, -0.15) is 5.26 Å². The van der Waals surface area contributed by atoms with Crippen molar-refractivity contribution in [2.45, 2.75) is 13.8 Å². The lowest BCUT2D eigenvalue weighted by Gasteiger charge is -2.07. The first-order chi connectivity index (χ1) is 12.6. The largest absolute Gasteiger partial charge is 0.337 e. The number of aromatic nitrogens is 3. The first kappa shape index (κ1) is 15.9. The number of imidazole rings is 1. The lowest BCUT2D eigenvalue weighted by Crippen LogP contribution is -1.96. The molecule has 0 bridgehead atoms. The number of H-pyrrole nitrogens is 1. The highest BCUT2D eigenvalue weighted by Crippen LogP contribution is 2.22. The van der Waals surface area contributed by atoms with Crippen molar-refractivity contribution in [2.24, 2.45) is 0 Å². The number of hydrogen-bond acceptors (Lipinski definition) is 2. The van der Waals surface area contributed by atoms with Crippen LogP contribution in [0.15, 0.2) is 60.8 Å². The normalized spacial score (nSPS) is 11.7. The number of nitrogens with zero attached hydrogens (tertiary/aromatic N) is 3. The summed E-state index contributed by atoms with van der Waals surface area (Å²) >= 11 is 0. The van der Waals surface area contributed by atoms with Gasteiger partial charge in [0.05, 0.1) is 16.6 Å². The molecule has 4 aromatic rings. The Kier molecular flexibility index (Phi) is 3.91. The molecule has 0 unspecified atom stereocenters. The molecular formula is C22H18N4. The maximum absolute atomic E-state index is 9.68. The summed E-state index contributed by atoms with van der Waals surface area (Å²) in [5, 5.41) is 9.68. The molecule has 0 saturated carbocycles. The van der Waals surface area contributed by atoms with E-state index in [1.165, 1.54) is 5.56 Å². The van der Waals surface area contributed by atoms with Gasteiger partial charge in [0.1, 0.15) is 11.9 Å². The topological polar surface area (TPSA) is 57.4 Å². The zero-order valence-corrected chi connectivity index (χ0v) is 14.7. The van der Waals surface area contributed by atoms with E-state index in [1.54, 1.807) is 0 Å². The van der Waals surface area contributed by atoms with E-state index in [-0.39, 0.29) is 0 Å². The van der Waals surface area contributed by atoms with Gasteiger partial charge >= 0.3 is 0 Å². The van der Waals surface area contributed by atoms with Gasteiger partial charge in [-0.05, 0) is 67.4 Å². The van der Waals surface area contributed by atoms with Gasteiger partial charge in [-0.25, -0.2) is 4.98 Å². The molecule has 4 nitrogen and oxygen atoms in total. The van der Waals surface area contributed by atoms with Crippen molar-refractivity contribution in [1.29, 1.82) is 5.26 Å². The molecule has 1 N–H and O–H groups in total. The number of hydrogen-bond donors (Lipinski definition) is 1. The van der Waals surface area contributed by atoms with Gasteiger partial charge in [0.25, 0.3) is 0 Å². The Morgan fingerprint density at radius 2 is 1.92 bits per heavy atom. The predicted octanol–water partition coefficient (Wildman–Crippen LogP) is 5.03. The van der Waals surface area contributed by atoms with Crippen LogP contribution in [0.5, 0.6) is 0 Å². The summed E-state index contributed by atoms with van der Waals surface area (Å²) in [6, 6.07) is 20.5. The fourth-order valence-electron chi connectivity index (χ4n) is 3.08. The van der Waals surface area contributed by atoms with E-state index in [0.717, 1.165) is 28.0 Å². The Labute approximate surface area is 152 Å². The molecule has 0 saturated heterocycles. The van der Waals surface area contributed by atoms with Crippen molar-refractivity contribution in [3.63, 3.8) is 0 Å². The van der Waals surface area contributed by atoms with Crippen molar-refractivity contribution < 1.29 is 0 Å². The summed E-state index contributed by atoms with van der Waals surface area (Å²) in [5.74, 6) is 0.588.